The number of fused-ring (bicyclic) bond motifs is 1. The molecule has 4 heteroatoms. The van der Waals surface area contributed by atoms with Gasteiger partial charge in [-0.3, -0.25) is 9.20 Å². The molecule has 2 aromatic heterocycles. The fourth-order valence-corrected chi connectivity index (χ4v) is 1.44. The number of hydrogen-bond acceptors (Lipinski definition) is 2. The van der Waals surface area contributed by atoms with Gasteiger partial charge >= 0.3 is 0 Å². The summed E-state index contributed by atoms with van der Waals surface area (Å²) in [6, 6.07) is 2.74. The van der Waals surface area contributed by atoms with Gasteiger partial charge in [0.15, 0.2) is 0 Å². The maximum Gasteiger partial charge on any atom is 0.258 e. The second-order valence-electron chi connectivity index (χ2n) is 3.27. The van der Waals surface area contributed by atoms with Crippen molar-refractivity contribution in [3.63, 3.8) is 0 Å². The van der Waals surface area contributed by atoms with Crippen molar-refractivity contribution in [3.8, 4) is 0 Å². The van der Waals surface area contributed by atoms with Gasteiger partial charge in [-0.1, -0.05) is 0 Å². The Balaban J connectivity index is 3.02. The summed E-state index contributed by atoms with van der Waals surface area (Å²) in [6.45, 7) is 3.47. The van der Waals surface area contributed by atoms with Gasteiger partial charge < -0.3 is 0 Å². The van der Waals surface area contributed by atoms with Crippen LogP contribution in [0.3, 0.4) is 0 Å². The van der Waals surface area contributed by atoms with Crippen molar-refractivity contribution >= 4 is 5.65 Å². The molecule has 2 heterocycles. The fraction of sp³-hybridized carbons (Fsp3) is 0.200. The van der Waals surface area contributed by atoms with E-state index >= 15 is 0 Å². The third-order valence-corrected chi connectivity index (χ3v) is 2.04. The largest absolute Gasteiger partial charge is 0.269 e. The molecule has 0 bridgehead atoms. The first-order valence-electron chi connectivity index (χ1n) is 4.24. The zero-order valence-corrected chi connectivity index (χ0v) is 7.91. The van der Waals surface area contributed by atoms with Crippen LogP contribution in [0.15, 0.2) is 23.1 Å². The number of aromatic nitrogens is 2. The van der Waals surface area contributed by atoms with Crippen LogP contribution in [0.4, 0.5) is 4.39 Å². The van der Waals surface area contributed by atoms with Gasteiger partial charge in [-0.15, -0.1) is 0 Å². The summed E-state index contributed by atoms with van der Waals surface area (Å²) in [6.07, 6.45) is 1.15. The predicted molar refractivity (Wildman–Crippen MR) is 50.9 cm³/mol. The molecule has 0 N–H and O–H groups in total. The lowest BCUT2D eigenvalue weighted by molar-refractivity contribution is 0.615. The summed E-state index contributed by atoms with van der Waals surface area (Å²) in [5.41, 5.74) is 1.56. The molecule has 0 aromatic carbocycles. The highest BCUT2D eigenvalue weighted by atomic mass is 19.1. The Morgan fingerprint density at radius 2 is 2.07 bits per heavy atom. The first kappa shape index (κ1) is 8.87. The van der Waals surface area contributed by atoms with E-state index in [0.29, 0.717) is 16.9 Å². The van der Waals surface area contributed by atoms with E-state index in [1.807, 2.05) is 0 Å². The number of nitrogens with zero attached hydrogens (tertiary/aromatic N) is 2. The molecule has 0 saturated heterocycles. The molecule has 0 unspecified atom stereocenters. The Bertz CT molecular complexity index is 560. The molecule has 2 rings (SSSR count). The highest BCUT2D eigenvalue weighted by Gasteiger charge is 2.04. The van der Waals surface area contributed by atoms with Gasteiger partial charge in [-0.25, -0.2) is 9.37 Å². The third kappa shape index (κ3) is 1.28. The first-order valence-corrected chi connectivity index (χ1v) is 4.24. The van der Waals surface area contributed by atoms with Gasteiger partial charge in [-0.2, -0.15) is 0 Å². The van der Waals surface area contributed by atoms with Crippen LogP contribution in [0.5, 0.6) is 0 Å². The Morgan fingerprint density at radius 1 is 1.36 bits per heavy atom. The van der Waals surface area contributed by atoms with Gasteiger partial charge in [0, 0.05) is 18.0 Å². The molecule has 72 valence electrons. The molecule has 0 radical (unpaired) electrons. The molecule has 0 aliphatic heterocycles. The topological polar surface area (TPSA) is 34.4 Å². The average Bonchev–Trinajstić information content (AvgIpc) is 2.07. The van der Waals surface area contributed by atoms with Crippen LogP contribution in [0.25, 0.3) is 5.65 Å². The second kappa shape index (κ2) is 2.90. The first-order chi connectivity index (χ1) is 6.58. The van der Waals surface area contributed by atoms with Crippen molar-refractivity contribution in [1.82, 2.24) is 9.38 Å². The lowest BCUT2D eigenvalue weighted by Gasteiger charge is -2.03. The lowest BCUT2D eigenvalue weighted by Crippen LogP contribution is -2.15. The fourth-order valence-electron chi connectivity index (χ4n) is 1.44. The van der Waals surface area contributed by atoms with E-state index in [2.05, 4.69) is 4.98 Å². The summed E-state index contributed by atoms with van der Waals surface area (Å²) in [4.78, 5) is 15.6. The monoisotopic (exact) mass is 192 g/mol. The molecule has 3 nitrogen and oxygen atoms in total. The van der Waals surface area contributed by atoms with Crippen LogP contribution in [0.2, 0.25) is 0 Å². The van der Waals surface area contributed by atoms with Crippen LogP contribution in [-0.2, 0) is 0 Å². The van der Waals surface area contributed by atoms with Gasteiger partial charge in [0.05, 0.1) is 0 Å². The summed E-state index contributed by atoms with van der Waals surface area (Å²) in [7, 11) is 0. The Labute approximate surface area is 79.8 Å². The number of rotatable bonds is 0. The van der Waals surface area contributed by atoms with E-state index in [-0.39, 0.29) is 5.56 Å². The van der Waals surface area contributed by atoms with E-state index in [1.54, 1.807) is 13.8 Å². The molecule has 0 amide bonds. The zero-order chi connectivity index (χ0) is 10.3. The van der Waals surface area contributed by atoms with Crippen molar-refractivity contribution in [1.29, 1.82) is 0 Å². The molecular formula is C10H9FN2O. The van der Waals surface area contributed by atoms with Gasteiger partial charge in [-0.05, 0) is 25.5 Å². The predicted octanol–water partition coefficient (Wildman–Crippen LogP) is 1.45. The van der Waals surface area contributed by atoms with Crippen LogP contribution in [-0.4, -0.2) is 9.38 Å². The van der Waals surface area contributed by atoms with Crippen LogP contribution in [0.1, 0.15) is 11.3 Å². The number of hydrogen-bond donors (Lipinski definition) is 0. The average molecular weight is 192 g/mol. The summed E-state index contributed by atoms with van der Waals surface area (Å²) < 4.78 is 14.2. The lowest BCUT2D eigenvalue weighted by atomic mass is 10.3. The van der Waals surface area contributed by atoms with E-state index in [4.69, 9.17) is 0 Å². The molecule has 2 aromatic rings. The molecule has 0 saturated carbocycles. The van der Waals surface area contributed by atoms with E-state index in [0.717, 1.165) is 6.20 Å². The van der Waals surface area contributed by atoms with Crippen molar-refractivity contribution in [2.24, 2.45) is 0 Å². The number of pyridine rings is 1. The maximum atomic E-state index is 13.0. The van der Waals surface area contributed by atoms with Gasteiger partial charge in [0.25, 0.3) is 5.56 Å². The molecule has 0 spiro atoms. The van der Waals surface area contributed by atoms with Crippen molar-refractivity contribution < 1.29 is 4.39 Å². The van der Waals surface area contributed by atoms with Crippen LogP contribution in [0, 0.1) is 19.7 Å². The van der Waals surface area contributed by atoms with E-state index < -0.39 is 5.82 Å². The SMILES string of the molecule is Cc1cc(=O)n2cc(F)cc(C)c2n1. The highest BCUT2D eigenvalue weighted by Crippen LogP contribution is 2.07. The van der Waals surface area contributed by atoms with Crippen molar-refractivity contribution in [2.75, 3.05) is 0 Å². The molecular weight excluding hydrogens is 183 g/mol. The number of aryl methyl sites for hydroxylation is 2. The maximum absolute atomic E-state index is 13.0. The van der Waals surface area contributed by atoms with Gasteiger partial charge in [0.2, 0.25) is 0 Å². The summed E-state index contributed by atoms with van der Waals surface area (Å²) in [5, 5.41) is 0. The number of halogens is 1. The Hall–Kier alpha value is -1.71. The van der Waals surface area contributed by atoms with Crippen LogP contribution < -0.4 is 5.56 Å². The smallest absolute Gasteiger partial charge is 0.258 e. The zero-order valence-electron chi connectivity index (χ0n) is 7.91. The van der Waals surface area contributed by atoms with E-state index in [1.165, 1.54) is 16.5 Å². The normalized spacial score (nSPS) is 10.8. The third-order valence-electron chi connectivity index (χ3n) is 2.04. The standard InChI is InChI=1S/C10H9FN2O/c1-6-3-8(11)5-13-9(14)4-7(2)12-10(6)13/h3-5H,1-2H3. The molecule has 0 atom stereocenters. The minimum atomic E-state index is -0.428. The second-order valence-corrected chi connectivity index (χ2v) is 3.27. The minimum absolute atomic E-state index is 0.255. The quantitative estimate of drug-likeness (QED) is 0.633. The summed E-state index contributed by atoms with van der Waals surface area (Å²) >= 11 is 0. The minimum Gasteiger partial charge on any atom is -0.269 e. The Morgan fingerprint density at radius 3 is 2.79 bits per heavy atom. The highest BCUT2D eigenvalue weighted by molar-refractivity contribution is 5.46. The Kier molecular flexibility index (Phi) is 1.84. The van der Waals surface area contributed by atoms with Gasteiger partial charge in [0.1, 0.15) is 11.5 Å². The molecule has 0 aliphatic carbocycles. The van der Waals surface area contributed by atoms with E-state index in [9.17, 15) is 9.18 Å². The van der Waals surface area contributed by atoms with Crippen molar-refractivity contribution in [2.45, 2.75) is 13.8 Å². The van der Waals surface area contributed by atoms with Crippen LogP contribution >= 0.6 is 0 Å². The molecule has 0 aliphatic rings. The molecule has 0 fully saturated rings. The molecule has 14 heavy (non-hydrogen) atoms. The summed E-state index contributed by atoms with van der Waals surface area (Å²) in [5.74, 6) is -0.428. The van der Waals surface area contributed by atoms with Crippen molar-refractivity contribution in [3.05, 3.63) is 45.8 Å².